The van der Waals surface area contributed by atoms with Gasteiger partial charge >= 0.3 is 29.6 Å². The molecule has 1 atom stereocenters. The van der Waals surface area contributed by atoms with E-state index in [1.54, 1.807) is 0 Å². The molecule has 0 aliphatic rings. The van der Waals surface area contributed by atoms with Crippen molar-refractivity contribution in [2.75, 3.05) is 6.26 Å². The molecule has 34 valence electrons. The van der Waals surface area contributed by atoms with Crippen molar-refractivity contribution in [2.45, 2.75) is 0 Å². The Balaban J connectivity index is -0.0000000800. The van der Waals surface area contributed by atoms with Crippen molar-refractivity contribution in [3.63, 3.8) is 0 Å². The van der Waals surface area contributed by atoms with Crippen molar-refractivity contribution in [3.05, 3.63) is 0 Å². The van der Waals surface area contributed by atoms with Crippen LogP contribution in [-0.2, 0) is 15.4 Å². The second-order valence-corrected chi connectivity index (χ2v) is 1.43. The molecule has 0 heterocycles. The summed E-state index contributed by atoms with van der Waals surface area (Å²) >= 11 is -1.52. The van der Waals surface area contributed by atoms with Gasteiger partial charge in [0.05, 0.1) is 0 Å². The SMILES string of the molecule is CS(=O)OO.[H-].[Na+]. The summed E-state index contributed by atoms with van der Waals surface area (Å²) in [5, 5.41) is 7.34. The predicted octanol–water partition coefficient (Wildman–Crippen LogP) is -3.11. The zero-order valence-electron chi connectivity index (χ0n) is 4.67. The molecule has 6 heavy (non-hydrogen) atoms. The maximum absolute atomic E-state index is 9.45. The van der Waals surface area contributed by atoms with Crippen LogP contribution in [0.5, 0.6) is 0 Å². The van der Waals surface area contributed by atoms with Gasteiger partial charge in [-0.3, -0.25) is 0 Å². The fraction of sp³-hybridized carbons (Fsp3) is 1.00. The third-order valence-electron chi connectivity index (χ3n) is 0.105. The van der Waals surface area contributed by atoms with Gasteiger partial charge in [0.1, 0.15) is 0 Å². The van der Waals surface area contributed by atoms with Gasteiger partial charge in [0, 0.05) is 6.26 Å². The van der Waals surface area contributed by atoms with Crippen LogP contribution in [0.15, 0.2) is 0 Å². The van der Waals surface area contributed by atoms with Crippen LogP contribution in [0.3, 0.4) is 0 Å². The van der Waals surface area contributed by atoms with Crippen LogP contribution in [0, 0.1) is 0 Å². The van der Waals surface area contributed by atoms with Crippen molar-refractivity contribution < 1.29 is 44.8 Å². The van der Waals surface area contributed by atoms with Gasteiger partial charge in [0.25, 0.3) is 0 Å². The van der Waals surface area contributed by atoms with E-state index in [9.17, 15) is 4.21 Å². The Labute approximate surface area is 62.1 Å². The Morgan fingerprint density at radius 3 is 2.17 bits per heavy atom. The second-order valence-electron chi connectivity index (χ2n) is 0.476. The first-order valence-electron chi connectivity index (χ1n) is 0.924. The quantitative estimate of drug-likeness (QED) is 0.226. The Kier molecular flexibility index (Phi) is 10.3. The van der Waals surface area contributed by atoms with E-state index in [0.29, 0.717) is 0 Å². The molecule has 0 aromatic carbocycles. The molecular formula is CH5NaO3S. The topological polar surface area (TPSA) is 46.5 Å². The first-order chi connectivity index (χ1) is 2.27. The fourth-order valence-corrected chi connectivity index (χ4v) is 0. The molecule has 0 aromatic rings. The molecule has 0 saturated carbocycles. The summed E-state index contributed by atoms with van der Waals surface area (Å²) in [6, 6.07) is 0. The van der Waals surface area contributed by atoms with E-state index in [1.807, 2.05) is 0 Å². The first-order valence-corrected chi connectivity index (χ1v) is 2.41. The minimum atomic E-state index is -1.52. The van der Waals surface area contributed by atoms with Crippen LogP contribution in [0.1, 0.15) is 1.43 Å². The van der Waals surface area contributed by atoms with E-state index < -0.39 is 11.1 Å². The number of hydrogen-bond acceptors (Lipinski definition) is 3. The molecule has 0 aliphatic carbocycles. The molecule has 0 spiro atoms. The van der Waals surface area contributed by atoms with Gasteiger partial charge in [-0.25, -0.2) is 9.47 Å². The molecule has 0 radical (unpaired) electrons. The summed E-state index contributed by atoms with van der Waals surface area (Å²) in [4.78, 5) is 0. The third-order valence-corrected chi connectivity index (χ3v) is 0.315. The number of hydrogen-bond donors (Lipinski definition) is 1. The summed E-state index contributed by atoms with van der Waals surface area (Å²) in [5.74, 6) is 0. The molecule has 5 heteroatoms. The molecule has 0 saturated heterocycles. The van der Waals surface area contributed by atoms with Crippen molar-refractivity contribution in [3.8, 4) is 0 Å². The van der Waals surface area contributed by atoms with Gasteiger partial charge in [0.15, 0.2) is 11.1 Å². The van der Waals surface area contributed by atoms with Crippen LogP contribution in [0.4, 0.5) is 0 Å². The largest absolute Gasteiger partial charge is 1.00 e. The zero-order valence-corrected chi connectivity index (χ0v) is 6.49. The molecule has 0 rings (SSSR count). The minimum Gasteiger partial charge on any atom is -1.00 e. The summed E-state index contributed by atoms with van der Waals surface area (Å²) in [6.07, 6.45) is 1.22. The molecule has 1 N–H and O–H groups in total. The maximum atomic E-state index is 9.45. The van der Waals surface area contributed by atoms with E-state index in [1.165, 1.54) is 6.26 Å². The summed E-state index contributed by atoms with van der Waals surface area (Å²) < 4.78 is 12.7. The summed E-state index contributed by atoms with van der Waals surface area (Å²) in [7, 11) is 0. The van der Waals surface area contributed by atoms with Crippen LogP contribution in [0.2, 0.25) is 0 Å². The van der Waals surface area contributed by atoms with Crippen LogP contribution >= 0.6 is 0 Å². The van der Waals surface area contributed by atoms with Crippen LogP contribution in [-0.4, -0.2) is 15.7 Å². The third kappa shape index (κ3) is 8.91. The van der Waals surface area contributed by atoms with Gasteiger partial charge < -0.3 is 1.43 Å². The number of rotatable bonds is 1. The van der Waals surface area contributed by atoms with Crippen LogP contribution in [0.25, 0.3) is 0 Å². The van der Waals surface area contributed by atoms with Gasteiger partial charge in [0.2, 0.25) is 0 Å². The molecule has 0 amide bonds. The van der Waals surface area contributed by atoms with Crippen LogP contribution < -0.4 is 29.6 Å². The average Bonchev–Trinajstić information content (AvgIpc) is 1.38. The van der Waals surface area contributed by atoms with Gasteiger partial charge in [-0.1, -0.05) is 0 Å². The fourth-order valence-electron chi connectivity index (χ4n) is 0. The Hall–Kier alpha value is 1.07. The second kappa shape index (κ2) is 6.07. The van der Waals surface area contributed by atoms with E-state index in [2.05, 4.69) is 4.33 Å². The van der Waals surface area contributed by atoms with E-state index in [0.717, 1.165) is 0 Å². The van der Waals surface area contributed by atoms with Crippen molar-refractivity contribution in [1.82, 2.24) is 0 Å². The predicted molar refractivity (Wildman–Crippen MR) is 18.9 cm³/mol. The van der Waals surface area contributed by atoms with E-state index >= 15 is 0 Å². The molecule has 0 bridgehead atoms. The Morgan fingerprint density at radius 2 is 2.17 bits per heavy atom. The van der Waals surface area contributed by atoms with Crippen molar-refractivity contribution in [1.29, 1.82) is 0 Å². The standard InChI is InChI=1S/CH4O3S.Na.H/c1-5(3)4-2;;/h2H,1H3;;/q;+1;-1. The molecule has 3 nitrogen and oxygen atoms in total. The normalized spacial score (nSPS) is 12.3. The molecule has 1 unspecified atom stereocenters. The van der Waals surface area contributed by atoms with Gasteiger partial charge in [-0.2, -0.15) is 0 Å². The summed E-state index contributed by atoms with van der Waals surface area (Å²) in [5.41, 5.74) is 0. The first kappa shape index (κ1) is 10.1. The van der Waals surface area contributed by atoms with Crippen molar-refractivity contribution >= 4 is 11.1 Å². The van der Waals surface area contributed by atoms with Crippen molar-refractivity contribution in [2.24, 2.45) is 0 Å². The Morgan fingerprint density at radius 1 is 2.00 bits per heavy atom. The van der Waals surface area contributed by atoms with E-state index in [4.69, 9.17) is 5.26 Å². The minimum absolute atomic E-state index is 0. The molecular weight excluding hydrogens is 115 g/mol. The van der Waals surface area contributed by atoms with Gasteiger partial charge in [-0.05, 0) is 0 Å². The van der Waals surface area contributed by atoms with Gasteiger partial charge in [-0.15, -0.1) is 4.33 Å². The molecule has 0 aliphatic heterocycles. The summed E-state index contributed by atoms with van der Waals surface area (Å²) in [6.45, 7) is 0. The van der Waals surface area contributed by atoms with E-state index in [-0.39, 0.29) is 31.0 Å². The monoisotopic (exact) mass is 120 g/mol. The Bertz CT molecular complexity index is 50.2. The smallest absolute Gasteiger partial charge is 1.00 e. The molecule has 0 fully saturated rings. The average molecular weight is 120 g/mol. The zero-order chi connectivity index (χ0) is 4.28. The molecule has 0 aromatic heterocycles. The maximum Gasteiger partial charge on any atom is 1.00 e.